The molecule has 0 fully saturated rings. The van der Waals surface area contributed by atoms with E-state index in [0.717, 1.165) is 41.5 Å². The summed E-state index contributed by atoms with van der Waals surface area (Å²) in [5.74, 6) is -0.786. The van der Waals surface area contributed by atoms with E-state index >= 15 is 0 Å². The zero-order valence-electron chi connectivity index (χ0n) is 18.5. The minimum Gasteiger partial charge on any atom is -0.508 e. The van der Waals surface area contributed by atoms with Gasteiger partial charge in [-0.15, -0.1) is 0 Å². The molecule has 0 saturated carbocycles. The van der Waals surface area contributed by atoms with Crippen molar-refractivity contribution in [1.82, 2.24) is 0 Å². The summed E-state index contributed by atoms with van der Waals surface area (Å²) >= 11 is 0. The van der Waals surface area contributed by atoms with E-state index in [4.69, 9.17) is 4.74 Å². The molecule has 0 unspecified atom stereocenters. The Morgan fingerprint density at radius 1 is 1.13 bits per heavy atom. The van der Waals surface area contributed by atoms with Crippen molar-refractivity contribution in [2.75, 3.05) is 11.9 Å². The predicted molar refractivity (Wildman–Crippen MR) is 119 cm³/mol. The number of fused-ring (bicyclic) bond motifs is 1. The van der Waals surface area contributed by atoms with Crippen molar-refractivity contribution in [2.45, 2.75) is 59.3 Å². The van der Waals surface area contributed by atoms with E-state index in [9.17, 15) is 19.5 Å². The second kappa shape index (κ2) is 9.33. The summed E-state index contributed by atoms with van der Waals surface area (Å²) in [5.41, 5.74) is 5.28. The van der Waals surface area contributed by atoms with E-state index in [-0.39, 0.29) is 30.5 Å². The lowest BCUT2D eigenvalue weighted by atomic mass is 9.89. The average molecular weight is 424 g/mol. The molecule has 1 aliphatic carbocycles. The summed E-state index contributed by atoms with van der Waals surface area (Å²) in [6, 6.07) is 6.80. The van der Waals surface area contributed by atoms with Gasteiger partial charge >= 0.3 is 5.97 Å². The first-order valence-electron chi connectivity index (χ1n) is 10.7. The maximum atomic E-state index is 13.4. The fourth-order valence-electron chi connectivity index (χ4n) is 4.20. The summed E-state index contributed by atoms with van der Waals surface area (Å²) in [5, 5.41) is 12.9. The zero-order valence-corrected chi connectivity index (χ0v) is 18.5. The number of hydrogen-bond acceptors (Lipinski definition) is 5. The molecule has 0 aliphatic heterocycles. The molecule has 1 amide bonds. The second-order valence-corrected chi connectivity index (χ2v) is 8.21. The molecule has 0 heterocycles. The molecule has 0 atom stereocenters. The lowest BCUT2D eigenvalue weighted by Crippen LogP contribution is -2.19. The quantitative estimate of drug-likeness (QED) is 0.390. The van der Waals surface area contributed by atoms with Crippen LogP contribution in [0.25, 0.3) is 0 Å². The Morgan fingerprint density at radius 2 is 1.84 bits per heavy atom. The van der Waals surface area contributed by atoms with Crippen LogP contribution < -0.4 is 5.32 Å². The first kappa shape index (κ1) is 22.5. The lowest BCUT2D eigenvalue weighted by molar-refractivity contribution is -0.145. The van der Waals surface area contributed by atoms with Crippen LogP contribution in [-0.4, -0.2) is 29.4 Å². The van der Waals surface area contributed by atoms with Gasteiger partial charge in [0.15, 0.2) is 5.78 Å². The maximum absolute atomic E-state index is 13.4. The first-order chi connectivity index (χ1) is 14.7. The van der Waals surface area contributed by atoms with Gasteiger partial charge in [-0.1, -0.05) is 13.8 Å². The van der Waals surface area contributed by atoms with Gasteiger partial charge in [-0.2, -0.15) is 0 Å². The molecular formula is C25H29NO5. The van der Waals surface area contributed by atoms with Gasteiger partial charge in [0, 0.05) is 16.8 Å². The molecule has 0 spiro atoms. The van der Waals surface area contributed by atoms with Gasteiger partial charge in [0.2, 0.25) is 5.91 Å². The largest absolute Gasteiger partial charge is 0.508 e. The van der Waals surface area contributed by atoms with Gasteiger partial charge in [-0.05, 0) is 85.5 Å². The highest BCUT2D eigenvalue weighted by Crippen LogP contribution is 2.36. The van der Waals surface area contributed by atoms with Crippen molar-refractivity contribution >= 4 is 23.3 Å². The van der Waals surface area contributed by atoms with Gasteiger partial charge in [0.1, 0.15) is 12.2 Å². The Balaban J connectivity index is 1.94. The summed E-state index contributed by atoms with van der Waals surface area (Å²) in [7, 11) is 0. The zero-order chi connectivity index (χ0) is 22.7. The molecule has 6 heteroatoms. The molecule has 1 aliphatic rings. The average Bonchev–Trinajstić information content (AvgIpc) is 3.17. The number of phenols is 1. The Morgan fingerprint density at radius 3 is 2.52 bits per heavy atom. The van der Waals surface area contributed by atoms with Crippen molar-refractivity contribution < 1.29 is 24.2 Å². The van der Waals surface area contributed by atoms with Crippen LogP contribution >= 0.6 is 0 Å². The third kappa shape index (κ3) is 4.79. The number of hydrogen-bond donors (Lipinski definition) is 2. The summed E-state index contributed by atoms with van der Waals surface area (Å²) in [6.45, 7) is 7.73. The van der Waals surface area contributed by atoms with E-state index in [0.29, 0.717) is 16.8 Å². The number of rotatable bonds is 7. The number of carbonyl (C=O) groups excluding carboxylic acids is 3. The van der Waals surface area contributed by atoms with E-state index < -0.39 is 11.9 Å². The van der Waals surface area contributed by atoms with E-state index in [1.54, 1.807) is 25.1 Å². The molecule has 2 N–H and O–H groups in total. The van der Waals surface area contributed by atoms with Gasteiger partial charge in [0.25, 0.3) is 0 Å². The molecule has 3 rings (SSSR count). The van der Waals surface area contributed by atoms with Crippen molar-refractivity contribution in [2.24, 2.45) is 0 Å². The Labute approximate surface area is 182 Å². The predicted octanol–water partition coefficient (Wildman–Crippen LogP) is 4.44. The van der Waals surface area contributed by atoms with Crippen molar-refractivity contribution in [3.63, 3.8) is 0 Å². The Bertz CT molecular complexity index is 1040. The highest BCUT2D eigenvalue weighted by Gasteiger charge is 2.26. The number of ketones is 1. The van der Waals surface area contributed by atoms with Gasteiger partial charge in [-0.25, -0.2) is 0 Å². The number of anilines is 1. The minimum atomic E-state index is -0.562. The fourth-order valence-corrected chi connectivity index (χ4v) is 4.20. The highest BCUT2D eigenvalue weighted by molar-refractivity contribution is 6.12. The Hall–Kier alpha value is -3.15. The SMILES string of the molecule is CCOC(=O)CC(=O)Nc1cc(C)c(C(=O)c2ccc(O)c(C(C)C)c2)c2c1CCC2. The Kier molecular flexibility index (Phi) is 6.78. The third-order valence-corrected chi connectivity index (χ3v) is 5.62. The molecule has 6 nitrogen and oxygen atoms in total. The number of benzene rings is 2. The molecule has 2 aromatic carbocycles. The number of carbonyl (C=O) groups is 3. The number of ether oxygens (including phenoxy) is 1. The van der Waals surface area contributed by atoms with E-state index in [1.165, 1.54) is 0 Å². The second-order valence-electron chi connectivity index (χ2n) is 8.21. The minimum absolute atomic E-state index is 0.0815. The topological polar surface area (TPSA) is 92.7 Å². The number of aryl methyl sites for hydroxylation is 1. The standard InChI is InChI=1S/C25H29NO5/c1-5-31-23(29)13-22(28)26-20-11-15(4)24(18-8-6-7-17(18)20)25(30)16-9-10-21(27)19(12-16)14(2)3/h9-12,14,27H,5-8,13H2,1-4H3,(H,26,28). The summed E-state index contributed by atoms with van der Waals surface area (Å²) in [4.78, 5) is 37.3. The normalized spacial score (nSPS) is 12.5. The summed E-state index contributed by atoms with van der Waals surface area (Å²) in [6.07, 6.45) is 2.08. The summed E-state index contributed by atoms with van der Waals surface area (Å²) < 4.78 is 4.84. The molecule has 0 radical (unpaired) electrons. The fraction of sp³-hybridized carbons (Fsp3) is 0.400. The maximum Gasteiger partial charge on any atom is 0.315 e. The lowest BCUT2D eigenvalue weighted by Gasteiger charge is -2.17. The smallest absolute Gasteiger partial charge is 0.315 e. The number of phenolic OH excluding ortho intramolecular Hbond substituents is 1. The van der Waals surface area contributed by atoms with Crippen LogP contribution in [-0.2, 0) is 27.2 Å². The van der Waals surface area contributed by atoms with Crippen molar-refractivity contribution in [3.8, 4) is 5.75 Å². The van der Waals surface area contributed by atoms with Crippen molar-refractivity contribution in [1.29, 1.82) is 0 Å². The number of amides is 1. The number of nitrogens with one attached hydrogen (secondary N) is 1. The van der Waals surface area contributed by atoms with Crippen LogP contribution in [0.2, 0.25) is 0 Å². The molecule has 164 valence electrons. The molecular weight excluding hydrogens is 394 g/mol. The van der Waals surface area contributed by atoms with Crippen LogP contribution in [0, 0.1) is 6.92 Å². The number of esters is 1. The van der Waals surface area contributed by atoms with Crippen LogP contribution in [0.15, 0.2) is 24.3 Å². The number of aromatic hydroxyl groups is 1. The van der Waals surface area contributed by atoms with Crippen LogP contribution in [0.1, 0.15) is 77.7 Å². The van der Waals surface area contributed by atoms with Gasteiger partial charge in [0.05, 0.1) is 6.61 Å². The van der Waals surface area contributed by atoms with Crippen LogP contribution in [0.4, 0.5) is 5.69 Å². The molecule has 0 saturated heterocycles. The van der Waals surface area contributed by atoms with E-state index in [1.807, 2.05) is 26.8 Å². The first-order valence-corrected chi connectivity index (χ1v) is 10.7. The van der Waals surface area contributed by atoms with Gasteiger partial charge in [-0.3, -0.25) is 14.4 Å². The van der Waals surface area contributed by atoms with Crippen molar-refractivity contribution in [3.05, 3.63) is 57.6 Å². The van der Waals surface area contributed by atoms with Crippen LogP contribution in [0.5, 0.6) is 5.75 Å². The van der Waals surface area contributed by atoms with Gasteiger partial charge < -0.3 is 15.2 Å². The highest BCUT2D eigenvalue weighted by atomic mass is 16.5. The van der Waals surface area contributed by atoms with Crippen LogP contribution in [0.3, 0.4) is 0 Å². The molecule has 2 aromatic rings. The van der Waals surface area contributed by atoms with E-state index in [2.05, 4.69) is 5.32 Å². The third-order valence-electron chi connectivity index (χ3n) is 5.62. The molecule has 0 bridgehead atoms. The molecule has 0 aromatic heterocycles. The monoisotopic (exact) mass is 423 g/mol. The molecule has 31 heavy (non-hydrogen) atoms.